The molecule has 2 saturated carbocycles. The van der Waals surface area contributed by atoms with Gasteiger partial charge < -0.3 is 13.3 Å². The highest BCUT2D eigenvalue weighted by Gasteiger charge is 2.53. The third-order valence-electron chi connectivity index (χ3n) is 14.6. The van der Waals surface area contributed by atoms with Crippen molar-refractivity contribution < 1.29 is 18.1 Å². The van der Waals surface area contributed by atoms with E-state index in [1.807, 2.05) is 0 Å². The fraction of sp³-hybridized carbons (Fsp3) is 0.976. The van der Waals surface area contributed by atoms with Gasteiger partial charge in [-0.1, -0.05) is 82.1 Å². The van der Waals surface area contributed by atoms with E-state index in [9.17, 15) is 4.79 Å². The van der Waals surface area contributed by atoms with Crippen molar-refractivity contribution in [3.05, 3.63) is 0 Å². The van der Waals surface area contributed by atoms with E-state index in [-0.39, 0.29) is 28.6 Å². The van der Waals surface area contributed by atoms with Crippen LogP contribution in [0.2, 0.25) is 54.4 Å². The zero-order chi connectivity index (χ0) is 36.4. The molecule has 2 aliphatic rings. The van der Waals surface area contributed by atoms with E-state index in [4.69, 9.17) is 13.3 Å². The van der Waals surface area contributed by atoms with Gasteiger partial charge in [0.1, 0.15) is 5.78 Å². The van der Waals surface area contributed by atoms with Crippen LogP contribution >= 0.6 is 0 Å². The predicted octanol–water partition coefficient (Wildman–Crippen LogP) is 13.3. The fourth-order valence-electron chi connectivity index (χ4n) is 10.5. The lowest BCUT2D eigenvalue weighted by Gasteiger charge is -2.47. The number of hydrogen-bond acceptors (Lipinski definition) is 4. The number of fused-ring (bicyclic) bond motifs is 1. The summed E-state index contributed by atoms with van der Waals surface area (Å²) in [6.07, 6.45) is 11.3. The summed E-state index contributed by atoms with van der Waals surface area (Å²) in [7, 11) is -5.36. The molecule has 0 spiro atoms. The SMILES string of the molecule is CC[Si](CC)(CC)OC(CC[C@H](CCCC(C)(C)O[Si](CC)(CC)CC)C1CCC2C(=O)CCC[C@@]21C)C(C)(C)O[Si](CC)(CC)CC. The van der Waals surface area contributed by atoms with Crippen LogP contribution < -0.4 is 0 Å². The normalized spacial score (nSPS) is 24.2. The van der Waals surface area contributed by atoms with E-state index in [2.05, 4.69) is 96.9 Å². The number of carbonyl (C=O) groups is 1. The van der Waals surface area contributed by atoms with Gasteiger partial charge in [-0.05, 0) is 144 Å². The van der Waals surface area contributed by atoms with Crippen molar-refractivity contribution >= 4 is 30.7 Å². The largest absolute Gasteiger partial charge is 0.412 e. The first-order valence-corrected chi connectivity index (χ1v) is 28.7. The molecule has 48 heavy (non-hydrogen) atoms. The Morgan fingerprint density at radius 3 is 1.71 bits per heavy atom. The molecular weight excluding hydrogens is 641 g/mol. The lowest BCUT2D eigenvalue weighted by atomic mass is 9.61. The lowest BCUT2D eigenvalue weighted by molar-refractivity contribution is -0.130. The highest BCUT2D eigenvalue weighted by Crippen LogP contribution is 2.58. The summed E-state index contributed by atoms with van der Waals surface area (Å²) >= 11 is 0. The first-order valence-electron chi connectivity index (χ1n) is 21.1. The van der Waals surface area contributed by atoms with Crippen LogP contribution in [0.5, 0.6) is 0 Å². The molecule has 0 amide bonds. The summed E-state index contributed by atoms with van der Waals surface area (Å²) in [6.45, 7) is 33.2. The standard InChI is InChI=1S/C41H84O4Si3/c1-15-46(16-2,17-3)43-38(40(12,13)45-48(21-7,22-8)23-9)31-28-34(35-29-30-36-37(42)27-25-33-41(35,36)14)26-24-32-39(10,11)44-47(18-4,19-5)20-6/h34-36,38H,15-33H2,1-14H3/t34-,35?,36?,38?,41+/m0/s1. The van der Waals surface area contributed by atoms with Crippen LogP contribution in [0.1, 0.15) is 161 Å². The molecule has 4 nitrogen and oxygen atoms in total. The second kappa shape index (κ2) is 18.8. The first-order chi connectivity index (χ1) is 22.5. The minimum absolute atomic E-state index is 0.0772. The minimum atomic E-state index is -1.86. The first kappa shape index (κ1) is 44.4. The Kier molecular flexibility index (Phi) is 17.4. The average Bonchev–Trinajstić information content (AvgIpc) is 3.43. The summed E-state index contributed by atoms with van der Waals surface area (Å²) in [6, 6.07) is 10.6. The van der Waals surface area contributed by atoms with Crippen LogP contribution in [0.3, 0.4) is 0 Å². The number of hydrogen-bond donors (Lipinski definition) is 0. The van der Waals surface area contributed by atoms with Crippen LogP contribution in [-0.2, 0) is 18.1 Å². The molecule has 0 N–H and O–H groups in total. The Bertz CT molecular complexity index is 931. The summed E-state index contributed by atoms with van der Waals surface area (Å²) in [4.78, 5) is 13.2. The Labute approximate surface area is 303 Å². The van der Waals surface area contributed by atoms with Gasteiger partial charge in [-0.2, -0.15) is 0 Å². The number of carbonyl (C=O) groups excluding carboxylic acids is 1. The van der Waals surface area contributed by atoms with Gasteiger partial charge in [0.15, 0.2) is 25.0 Å². The van der Waals surface area contributed by atoms with Crippen molar-refractivity contribution in [1.29, 1.82) is 0 Å². The molecule has 0 aromatic carbocycles. The Morgan fingerprint density at radius 1 is 0.708 bits per heavy atom. The van der Waals surface area contributed by atoms with Gasteiger partial charge in [0.25, 0.3) is 0 Å². The molecule has 2 aliphatic carbocycles. The van der Waals surface area contributed by atoms with E-state index in [1.165, 1.54) is 86.5 Å². The molecule has 0 bridgehead atoms. The van der Waals surface area contributed by atoms with E-state index in [1.54, 1.807) is 0 Å². The molecule has 284 valence electrons. The number of Topliss-reactive ketones (excluding diaryl/α,β-unsaturated/α-hetero) is 1. The van der Waals surface area contributed by atoms with Crippen LogP contribution in [0, 0.1) is 23.2 Å². The average molecular weight is 725 g/mol. The fourth-order valence-corrected chi connectivity index (χ4v) is 19.9. The van der Waals surface area contributed by atoms with Gasteiger partial charge in [0.05, 0.1) is 17.3 Å². The van der Waals surface area contributed by atoms with Crippen molar-refractivity contribution in [2.75, 3.05) is 0 Å². The van der Waals surface area contributed by atoms with Gasteiger partial charge in [-0.15, -0.1) is 0 Å². The van der Waals surface area contributed by atoms with Crippen LogP contribution in [0.15, 0.2) is 0 Å². The van der Waals surface area contributed by atoms with E-state index in [0.717, 1.165) is 32.1 Å². The van der Waals surface area contributed by atoms with E-state index < -0.39 is 25.0 Å². The zero-order valence-corrected chi connectivity index (χ0v) is 37.9. The molecule has 5 atom stereocenters. The smallest absolute Gasteiger partial charge is 0.192 e. The molecule has 2 fully saturated rings. The Morgan fingerprint density at radius 2 is 1.21 bits per heavy atom. The van der Waals surface area contributed by atoms with Gasteiger partial charge in [0.2, 0.25) is 0 Å². The molecule has 0 aromatic heterocycles. The maximum atomic E-state index is 13.2. The monoisotopic (exact) mass is 725 g/mol. The van der Waals surface area contributed by atoms with Gasteiger partial charge in [0, 0.05) is 12.3 Å². The summed E-state index contributed by atoms with van der Waals surface area (Å²) < 4.78 is 22.0. The van der Waals surface area contributed by atoms with Crippen molar-refractivity contribution in [2.24, 2.45) is 23.2 Å². The molecule has 3 unspecified atom stereocenters. The zero-order valence-electron chi connectivity index (χ0n) is 34.9. The summed E-state index contributed by atoms with van der Waals surface area (Å²) in [5.74, 6) is 2.07. The second-order valence-electron chi connectivity index (χ2n) is 17.7. The summed E-state index contributed by atoms with van der Waals surface area (Å²) in [5.41, 5.74) is -0.220. The summed E-state index contributed by atoms with van der Waals surface area (Å²) in [5, 5.41) is 0. The van der Waals surface area contributed by atoms with Crippen molar-refractivity contribution in [3.63, 3.8) is 0 Å². The van der Waals surface area contributed by atoms with Gasteiger partial charge >= 0.3 is 0 Å². The number of ketones is 1. The quantitative estimate of drug-likeness (QED) is 0.0930. The molecule has 0 radical (unpaired) electrons. The van der Waals surface area contributed by atoms with Gasteiger partial charge in [-0.3, -0.25) is 4.79 Å². The molecule has 7 heteroatoms. The van der Waals surface area contributed by atoms with Crippen LogP contribution in [0.25, 0.3) is 0 Å². The molecular formula is C41H84O4Si3. The van der Waals surface area contributed by atoms with Crippen LogP contribution in [0.4, 0.5) is 0 Å². The third-order valence-corrected chi connectivity index (χ3v) is 28.9. The lowest BCUT2D eigenvalue weighted by Crippen LogP contribution is -2.54. The van der Waals surface area contributed by atoms with Gasteiger partial charge in [-0.25, -0.2) is 0 Å². The maximum absolute atomic E-state index is 13.2. The molecule has 0 heterocycles. The van der Waals surface area contributed by atoms with E-state index in [0.29, 0.717) is 17.6 Å². The highest BCUT2D eigenvalue weighted by atomic mass is 28.4. The van der Waals surface area contributed by atoms with Crippen molar-refractivity contribution in [1.82, 2.24) is 0 Å². The highest BCUT2D eigenvalue weighted by molar-refractivity contribution is 6.74. The third kappa shape index (κ3) is 10.6. The Balaban J connectivity index is 2.43. The molecule has 0 saturated heterocycles. The second-order valence-corrected chi connectivity index (χ2v) is 31.8. The number of rotatable bonds is 24. The van der Waals surface area contributed by atoms with E-state index >= 15 is 0 Å². The van der Waals surface area contributed by atoms with Crippen LogP contribution in [-0.4, -0.2) is 48.0 Å². The molecule has 0 aliphatic heterocycles. The minimum Gasteiger partial charge on any atom is -0.412 e. The Hall–Kier alpha value is 0.201. The topological polar surface area (TPSA) is 44.8 Å². The molecule has 0 aromatic rings. The maximum Gasteiger partial charge on any atom is 0.192 e. The predicted molar refractivity (Wildman–Crippen MR) is 217 cm³/mol. The van der Waals surface area contributed by atoms with Crippen molar-refractivity contribution in [2.45, 2.75) is 233 Å². The molecule has 2 rings (SSSR count). The van der Waals surface area contributed by atoms with Crippen molar-refractivity contribution in [3.8, 4) is 0 Å².